The van der Waals surface area contributed by atoms with Gasteiger partial charge in [0.2, 0.25) is 5.91 Å². The third-order valence-corrected chi connectivity index (χ3v) is 5.45. The van der Waals surface area contributed by atoms with Crippen molar-refractivity contribution < 1.29 is 13.2 Å². The molecule has 1 N–H and O–H groups in total. The number of hydrogen-bond acceptors (Lipinski definition) is 3. The van der Waals surface area contributed by atoms with Gasteiger partial charge in [0.1, 0.15) is 11.0 Å². The third kappa shape index (κ3) is 3.54. The Hall–Kier alpha value is -2.14. The zero-order valence-corrected chi connectivity index (χ0v) is 13.4. The van der Waals surface area contributed by atoms with Gasteiger partial charge in [0.25, 0.3) is 0 Å². The summed E-state index contributed by atoms with van der Waals surface area (Å²) in [5.41, 5.74) is 2.26. The molecule has 22 heavy (non-hydrogen) atoms. The van der Waals surface area contributed by atoms with Crippen LogP contribution in [-0.2, 0) is 14.6 Å². The molecular formula is C17H19NO3S. The predicted octanol–water partition coefficient (Wildman–Crippen LogP) is 2.25. The van der Waals surface area contributed by atoms with Crippen molar-refractivity contribution in [2.75, 3.05) is 12.8 Å². The van der Waals surface area contributed by atoms with Crippen molar-refractivity contribution in [3.05, 3.63) is 71.3 Å². The first-order valence-electron chi connectivity index (χ1n) is 6.98. The second-order valence-corrected chi connectivity index (χ2v) is 7.21. The Balaban J connectivity index is 2.57. The summed E-state index contributed by atoms with van der Waals surface area (Å²) in [4.78, 5) is 11.6. The Labute approximate surface area is 131 Å². The number of rotatable bonds is 5. The maximum absolute atomic E-state index is 12.8. The van der Waals surface area contributed by atoms with Gasteiger partial charge in [-0.1, -0.05) is 54.6 Å². The van der Waals surface area contributed by atoms with Crippen LogP contribution in [0, 0.1) is 6.92 Å². The van der Waals surface area contributed by atoms with Crippen LogP contribution in [0.4, 0.5) is 0 Å². The quantitative estimate of drug-likeness (QED) is 0.920. The summed E-state index contributed by atoms with van der Waals surface area (Å²) in [5.74, 6) is -1.04. The molecule has 0 heterocycles. The van der Waals surface area contributed by atoms with Crippen molar-refractivity contribution in [2.45, 2.75) is 12.2 Å². The first kappa shape index (κ1) is 16.2. The van der Waals surface area contributed by atoms with Crippen LogP contribution in [-0.4, -0.2) is 27.1 Å². The molecule has 1 atom stereocenters. The van der Waals surface area contributed by atoms with E-state index in [4.69, 9.17) is 0 Å². The van der Waals surface area contributed by atoms with E-state index >= 15 is 0 Å². The summed E-state index contributed by atoms with van der Waals surface area (Å²) in [6.45, 7) is 1.88. The number of benzene rings is 2. The number of sulfone groups is 1. The number of carbonyl (C=O) groups excluding carboxylic acids is 1. The minimum Gasteiger partial charge on any atom is -0.358 e. The standard InChI is InChI=1S/C17H19NO3S/c1-13-8-6-7-11-15(13)17(14-9-4-3-5-10-14)22(20,21)12-16(19)18-2/h3-11,17H,12H2,1-2H3,(H,18,19)/t17-/m1/s1. The fourth-order valence-corrected chi connectivity index (χ4v) is 4.33. The van der Waals surface area contributed by atoms with Crippen LogP contribution in [0.5, 0.6) is 0 Å². The lowest BCUT2D eigenvalue weighted by molar-refractivity contribution is -0.118. The van der Waals surface area contributed by atoms with Gasteiger partial charge in [-0.3, -0.25) is 4.79 Å². The molecule has 0 aliphatic rings. The van der Waals surface area contributed by atoms with Crippen molar-refractivity contribution >= 4 is 15.7 Å². The van der Waals surface area contributed by atoms with Gasteiger partial charge in [-0.15, -0.1) is 0 Å². The molecule has 4 nitrogen and oxygen atoms in total. The van der Waals surface area contributed by atoms with E-state index in [0.717, 1.165) is 5.56 Å². The zero-order valence-electron chi connectivity index (χ0n) is 12.6. The Bertz CT molecular complexity index is 754. The van der Waals surface area contributed by atoms with Gasteiger partial charge in [-0.05, 0) is 23.6 Å². The first-order valence-corrected chi connectivity index (χ1v) is 8.70. The van der Waals surface area contributed by atoms with Gasteiger partial charge in [0.05, 0.1) is 0 Å². The third-order valence-electron chi connectivity index (χ3n) is 3.54. The van der Waals surface area contributed by atoms with Crippen LogP contribution < -0.4 is 5.32 Å². The normalized spacial score (nSPS) is 12.6. The van der Waals surface area contributed by atoms with Crippen LogP contribution >= 0.6 is 0 Å². The zero-order chi connectivity index (χ0) is 16.2. The number of carbonyl (C=O) groups is 1. The van der Waals surface area contributed by atoms with E-state index in [2.05, 4.69) is 5.32 Å². The Morgan fingerprint density at radius 3 is 2.23 bits per heavy atom. The summed E-state index contributed by atoms with van der Waals surface area (Å²) in [5, 5.41) is 1.53. The molecule has 0 saturated carbocycles. The number of amides is 1. The topological polar surface area (TPSA) is 63.2 Å². The summed E-state index contributed by atoms with van der Waals surface area (Å²) in [7, 11) is -2.24. The average Bonchev–Trinajstić information content (AvgIpc) is 2.50. The Morgan fingerprint density at radius 2 is 1.64 bits per heavy atom. The molecule has 116 valence electrons. The summed E-state index contributed by atoms with van der Waals surface area (Å²) in [6, 6.07) is 16.3. The van der Waals surface area contributed by atoms with Crippen LogP contribution in [0.3, 0.4) is 0 Å². The lowest BCUT2D eigenvalue weighted by Gasteiger charge is -2.20. The molecule has 0 aliphatic carbocycles. The van der Waals surface area contributed by atoms with Crippen molar-refractivity contribution in [3.8, 4) is 0 Å². The molecule has 0 fully saturated rings. The molecule has 5 heteroatoms. The molecule has 2 rings (SSSR count). The van der Waals surface area contributed by atoms with Gasteiger partial charge >= 0.3 is 0 Å². The highest BCUT2D eigenvalue weighted by Crippen LogP contribution is 2.32. The van der Waals surface area contributed by atoms with E-state index in [1.807, 2.05) is 31.2 Å². The fraction of sp³-hybridized carbons (Fsp3) is 0.235. The lowest BCUT2D eigenvalue weighted by Crippen LogP contribution is -2.30. The Morgan fingerprint density at radius 1 is 1.05 bits per heavy atom. The minimum absolute atomic E-state index is 0.505. The van der Waals surface area contributed by atoms with Gasteiger partial charge in [-0.2, -0.15) is 0 Å². The first-order chi connectivity index (χ1) is 10.5. The summed E-state index contributed by atoms with van der Waals surface area (Å²) < 4.78 is 25.6. The molecule has 0 saturated heterocycles. The average molecular weight is 317 g/mol. The molecule has 0 unspecified atom stereocenters. The van der Waals surface area contributed by atoms with E-state index in [0.29, 0.717) is 11.1 Å². The van der Waals surface area contributed by atoms with Gasteiger partial charge in [0.15, 0.2) is 9.84 Å². The SMILES string of the molecule is CNC(=O)CS(=O)(=O)[C@H](c1ccccc1)c1ccccc1C. The predicted molar refractivity (Wildman–Crippen MR) is 87.3 cm³/mol. The van der Waals surface area contributed by atoms with E-state index in [1.165, 1.54) is 7.05 Å². The van der Waals surface area contributed by atoms with E-state index in [9.17, 15) is 13.2 Å². The highest BCUT2D eigenvalue weighted by atomic mass is 32.2. The fourth-order valence-electron chi connectivity index (χ4n) is 2.43. The lowest BCUT2D eigenvalue weighted by atomic mass is 10.0. The Kier molecular flexibility index (Phi) is 4.98. The maximum Gasteiger partial charge on any atom is 0.234 e. The van der Waals surface area contributed by atoms with E-state index in [1.54, 1.807) is 30.3 Å². The van der Waals surface area contributed by atoms with Crippen molar-refractivity contribution in [1.82, 2.24) is 5.32 Å². The number of nitrogens with one attached hydrogen (secondary N) is 1. The number of hydrogen-bond donors (Lipinski definition) is 1. The monoisotopic (exact) mass is 317 g/mol. The van der Waals surface area contributed by atoms with Crippen LogP contribution in [0.1, 0.15) is 21.9 Å². The molecule has 2 aromatic rings. The summed E-state index contributed by atoms with van der Waals surface area (Å²) >= 11 is 0. The molecule has 2 aromatic carbocycles. The molecular weight excluding hydrogens is 298 g/mol. The van der Waals surface area contributed by atoms with Crippen LogP contribution in [0.2, 0.25) is 0 Å². The summed E-state index contributed by atoms with van der Waals surface area (Å²) in [6.07, 6.45) is 0. The molecule has 0 spiro atoms. The van der Waals surface area contributed by atoms with Crippen LogP contribution in [0.25, 0.3) is 0 Å². The van der Waals surface area contributed by atoms with E-state index < -0.39 is 26.7 Å². The molecule has 0 aromatic heterocycles. The number of aryl methyl sites for hydroxylation is 1. The highest BCUT2D eigenvalue weighted by molar-refractivity contribution is 7.92. The highest BCUT2D eigenvalue weighted by Gasteiger charge is 2.31. The molecule has 1 amide bonds. The smallest absolute Gasteiger partial charge is 0.234 e. The maximum atomic E-state index is 12.8. The largest absolute Gasteiger partial charge is 0.358 e. The molecule has 0 radical (unpaired) electrons. The van der Waals surface area contributed by atoms with Gasteiger partial charge in [-0.25, -0.2) is 8.42 Å². The van der Waals surface area contributed by atoms with Crippen molar-refractivity contribution in [3.63, 3.8) is 0 Å². The van der Waals surface area contributed by atoms with Crippen molar-refractivity contribution in [2.24, 2.45) is 0 Å². The molecule has 0 bridgehead atoms. The van der Waals surface area contributed by atoms with Gasteiger partial charge in [0, 0.05) is 7.05 Å². The molecule has 0 aliphatic heterocycles. The second kappa shape index (κ2) is 6.75. The van der Waals surface area contributed by atoms with Gasteiger partial charge < -0.3 is 5.32 Å². The minimum atomic E-state index is -3.67. The van der Waals surface area contributed by atoms with Crippen molar-refractivity contribution in [1.29, 1.82) is 0 Å². The second-order valence-electron chi connectivity index (χ2n) is 5.13. The van der Waals surface area contributed by atoms with E-state index in [-0.39, 0.29) is 0 Å². The van der Waals surface area contributed by atoms with Crippen LogP contribution in [0.15, 0.2) is 54.6 Å².